The van der Waals surface area contributed by atoms with Crippen LogP contribution in [0.25, 0.3) is 22.0 Å². The molecule has 0 spiro atoms. The van der Waals surface area contributed by atoms with Gasteiger partial charge >= 0.3 is 0 Å². The molecule has 0 amide bonds. The number of allylic oxidation sites excluding steroid dienone is 1. The summed E-state index contributed by atoms with van der Waals surface area (Å²) in [6, 6.07) is 21.8. The quantitative estimate of drug-likeness (QED) is 0.290. The second-order valence-electron chi connectivity index (χ2n) is 10.2. The van der Waals surface area contributed by atoms with E-state index in [-0.39, 0.29) is 12.6 Å². The minimum Gasteiger partial charge on any atom is -0.481 e. The van der Waals surface area contributed by atoms with Gasteiger partial charge in [-0.2, -0.15) is 0 Å². The minimum atomic E-state index is -0.215. The van der Waals surface area contributed by atoms with Crippen molar-refractivity contribution < 1.29 is 9.13 Å². The van der Waals surface area contributed by atoms with Gasteiger partial charge in [0.05, 0.1) is 19.5 Å². The summed E-state index contributed by atoms with van der Waals surface area (Å²) in [6.45, 7) is 8.51. The lowest BCUT2D eigenvalue weighted by Crippen LogP contribution is -2.46. The molecule has 4 nitrogen and oxygen atoms in total. The number of H-pyrrole nitrogens is 1. The van der Waals surface area contributed by atoms with Gasteiger partial charge in [0.1, 0.15) is 0 Å². The van der Waals surface area contributed by atoms with Crippen LogP contribution in [0.1, 0.15) is 60.3 Å². The summed E-state index contributed by atoms with van der Waals surface area (Å²) in [4.78, 5) is 10.7. The van der Waals surface area contributed by atoms with Gasteiger partial charge < -0.3 is 9.72 Å². The van der Waals surface area contributed by atoms with Gasteiger partial charge in [-0.15, -0.1) is 0 Å². The number of hydrogen-bond acceptors (Lipinski definition) is 3. The molecule has 6 rings (SSSR count). The summed E-state index contributed by atoms with van der Waals surface area (Å²) in [7, 11) is 1.68. The molecule has 1 N–H and O–H groups in total. The highest BCUT2D eigenvalue weighted by molar-refractivity contribution is 6.02. The first-order valence-corrected chi connectivity index (χ1v) is 13.9. The third-order valence-electron chi connectivity index (χ3n) is 7.65. The number of rotatable bonds is 6. The molecule has 0 atom stereocenters. The number of aromatic nitrogens is 2. The van der Waals surface area contributed by atoms with Crippen molar-refractivity contribution in [1.29, 1.82) is 0 Å². The number of aryl methyl sites for hydroxylation is 2. The maximum atomic E-state index is 12.8. The van der Waals surface area contributed by atoms with E-state index in [1.807, 2.05) is 19.9 Å². The van der Waals surface area contributed by atoms with Crippen molar-refractivity contribution >= 4 is 22.0 Å². The first kappa shape index (κ1) is 26.2. The van der Waals surface area contributed by atoms with E-state index >= 15 is 0 Å². The Morgan fingerprint density at radius 3 is 2.58 bits per heavy atom. The number of nitrogens with one attached hydrogen (secondary N) is 1. The number of benzene rings is 2. The fraction of sp³-hybridized carbons (Fsp3) is 0.364. The Labute approximate surface area is 225 Å². The Bertz CT molecular complexity index is 1450. The standard InChI is InChI=1S/C31H32FN3O.C2H6/c1-20-6-3-4-7-25(20)26-8-5-9-29-27(11-13-30(34-29)36-2)31(26)22-10-12-28-23(14-22)15-24(33-28)19-35-17-21(16-32)18-35;1-2/h3-4,6-7,10-15,21,33H,5,8-9,16-19H2,1-2H3;1-2H3. The van der Waals surface area contributed by atoms with Crippen LogP contribution in [-0.2, 0) is 13.0 Å². The highest BCUT2D eigenvalue weighted by Crippen LogP contribution is 2.41. The van der Waals surface area contributed by atoms with E-state index < -0.39 is 0 Å². The van der Waals surface area contributed by atoms with E-state index in [4.69, 9.17) is 9.72 Å². The number of nitrogens with zero attached hydrogens (tertiary/aromatic N) is 2. The van der Waals surface area contributed by atoms with E-state index in [2.05, 4.69) is 71.4 Å². The zero-order valence-electron chi connectivity index (χ0n) is 23.0. The van der Waals surface area contributed by atoms with E-state index in [1.165, 1.54) is 44.5 Å². The smallest absolute Gasteiger partial charge is 0.213 e. The lowest BCUT2D eigenvalue weighted by molar-refractivity contribution is 0.0728. The van der Waals surface area contributed by atoms with Gasteiger partial charge in [0.25, 0.3) is 0 Å². The van der Waals surface area contributed by atoms with Crippen molar-refractivity contribution in [3.63, 3.8) is 0 Å². The van der Waals surface area contributed by atoms with Gasteiger partial charge in [-0.3, -0.25) is 9.29 Å². The Morgan fingerprint density at radius 2 is 1.82 bits per heavy atom. The highest BCUT2D eigenvalue weighted by Gasteiger charge is 2.27. The topological polar surface area (TPSA) is 41.1 Å². The molecule has 1 aliphatic carbocycles. The molecule has 0 saturated carbocycles. The molecular formula is C33H38FN3O. The molecule has 2 aromatic heterocycles. The van der Waals surface area contributed by atoms with Gasteiger partial charge in [0.15, 0.2) is 0 Å². The van der Waals surface area contributed by atoms with Gasteiger partial charge in [0, 0.05) is 53.8 Å². The monoisotopic (exact) mass is 511 g/mol. The van der Waals surface area contributed by atoms with Crippen LogP contribution < -0.4 is 4.74 Å². The summed E-state index contributed by atoms with van der Waals surface area (Å²) in [6.07, 6.45) is 2.98. The molecule has 2 aromatic carbocycles. The summed E-state index contributed by atoms with van der Waals surface area (Å²) in [5.74, 6) is 0.870. The average molecular weight is 512 g/mol. The number of halogens is 1. The van der Waals surface area contributed by atoms with Crippen LogP contribution in [0.5, 0.6) is 5.88 Å². The van der Waals surface area contributed by atoms with Crippen LogP contribution in [0.4, 0.5) is 4.39 Å². The largest absolute Gasteiger partial charge is 0.481 e. The maximum Gasteiger partial charge on any atom is 0.213 e. The van der Waals surface area contributed by atoms with Crippen molar-refractivity contribution in [2.24, 2.45) is 5.92 Å². The highest BCUT2D eigenvalue weighted by atomic mass is 19.1. The molecule has 0 unspecified atom stereocenters. The SMILES string of the molecule is CC.COc1ccc2c(n1)CCCC(c1ccccc1C)=C2c1ccc2[nH]c(CN3CC(CF)C3)cc2c1. The van der Waals surface area contributed by atoms with Crippen LogP contribution in [0.3, 0.4) is 0 Å². The number of pyridine rings is 1. The first-order chi connectivity index (χ1) is 18.6. The second kappa shape index (κ2) is 11.5. The summed E-state index contributed by atoms with van der Waals surface area (Å²) in [5.41, 5.74) is 11.1. The number of hydrogen-bond donors (Lipinski definition) is 1. The normalized spacial score (nSPS) is 15.9. The molecule has 1 aliphatic heterocycles. The molecule has 5 heteroatoms. The average Bonchev–Trinajstić information content (AvgIpc) is 3.23. The zero-order chi connectivity index (χ0) is 26.6. The van der Waals surface area contributed by atoms with Crippen LogP contribution in [-0.4, -0.2) is 41.7 Å². The third-order valence-corrected chi connectivity index (χ3v) is 7.65. The van der Waals surface area contributed by atoms with E-state index in [0.29, 0.717) is 5.88 Å². The molecule has 4 aromatic rings. The maximum absolute atomic E-state index is 12.8. The Kier molecular flexibility index (Phi) is 7.94. The van der Waals surface area contributed by atoms with Crippen molar-refractivity contribution in [2.75, 3.05) is 26.9 Å². The minimum absolute atomic E-state index is 0.204. The molecule has 3 heterocycles. The van der Waals surface area contributed by atoms with Crippen molar-refractivity contribution in [2.45, 2.75) is 46.6 Å². The Hall–Kier alpha value is -3.44. The van der Waals surface area contributed by atoms with E-state index in [9.17, 15) is 4.39 Å². The summed E-state index contributed by atoms with van der Waals surface area (Å²) >= 11 is 0. The van der Waals surface area contributed by atoms with Crippen LogP contribution >= 0.6 is 0 Å². The van der Waals surface area contributed by atoms with Gasteiger partial charge in [-0.1, -0.05) is 44.2 Å². The molecule has 0 radical (unpaired) electrons. The van der Waals surface area contributed by atoms with Crippen LogP contribution in [0.15, 0.2) is 60.7 Å². The van der Waals surface area contributed by atoms with Crippen molar-refractivity contribution in [3.8, 4) is 5.88 Å². The number of likely N-dealkylation sites (tertiary alicyclic amines) is 1. The number of methoxy groups -OCH3 is 1. The van der Waals surface area contributed by atoms with E-state index in [0.717, 1.165) is 50.1 Å². The summed E-state index contributed by atoms with van der Waals surface area (Å²) < 4.78 is 18.3. The first-order valence-electron chi connectivity index (χ1n) is 13.9. The molecule has 1 fully saturated rings. The second-order valence-corrected chi connectivity index (χ2v) is 10.2. The van der Waals surface area contributed by atoms with Gasteiger partial charge in [-0.05, 0) is 78.3 Å². The van der Waals surface area contributed by atoms with Crippen LogP contribution in [0, 0.1) is 12.8 Å². The van der Waals surface area contributed by atoms with Gasteiger partial charge in [0.2, 0.25) is 5.88 Å². The zero-order valence-corrected chi connectivity index (χ0v) is 23.0. The number of aromatic amines is 1. The number of fused-ring (bicyclic) bond motifs is 2. The Morgan fingerprint density at radius 1 is 1.00 bits per heavy atom. The fourth-order valence-electron chi connectivity index (χ4n) is 5.82. The molecule has 2 aliphatic rings. The lowest BCUT2D eigenvalue weighted by atomic mass is 9.87. The fourth-order valence-corrected chi connectivity index (χ4v) is 5.82. The Balaban J connectivity index is 0.00000144. The number of ether oxygens (including phenoxy) is 1. The van der Waals surface area contributed by atoms with Gasteiger partial charge in [-0.25, -0.2) is 4.98 Å². The van der Waals surface area contributed by atoms with Crippen LogP contribution in [0.2, 0.25) is 0 Å². The lowest BCUT2D eigenvalue weighted by Gasteiger charge is -2.37. The molecule has 38 heavy (non-hydrogen) atoms. The molecule has 198 valence electrons. The number of alkyl halides is 1. The molecule has 0 bridgehead atoms. The predicted molar refractivity (Wildman–Crippen MR) is 155 cm³/mol. The molecule has 1 saturated heterocycles. The van der Waals surface area contributed by atoms with Crippen molar-refractivity contribution in [3.05, 3.63) is 94.3 Å². The molecular weight excluding hydrogens is 473 g/mol. The summed E-state index contributed by atoms with van der Waals surface area (Å²) in [5, 5.41) is 1.20. The third kappa shape index (κ3) is 5.12. The predicted octanol–water partition coefficient (Wildman–Crippen LogP) is 7.60. The van der Waals surface area contributed by atoms with Crippen molar-refractivity contribution in [1.82, 2.24) is 14.9 Å². The van der Waals surface area contributed by atoms with E-state index in [1.54, 1.807) is 7.11 Å².